The third-order valence-electron chi connectivity index (χ3n) is 3.38. The van der Waals surface area contributed by atoms with E-state index in [0.717, 1.165) is 29.0 Å². The molecule has 1 unspecified atom stereocenters. The highest BCUT2D eigenvalue weighted by Crippen LogP contribution is 2.38. The molecule has 0 aromatic heterocycles. The van der Waals surface area contributed by atoms with Crippen molar-refractivity contribution in [1.82, 2.24) is 0 Å². The van der Waals surface area contributed by atoms with Crippen LogP contribution in [0.5, 0.6) is 5.75 Å². The first-order chi connectivity index (χ1) is 9.23. The summed E-state index contributed by atoms with van der Waals surface area (Å²) in [5.41, 5.74) is 2.65. The number of benzene rings is 1. The number of hydrogen-bond acceptors (Lipinski definition) is 3. The van der Waals surface area contributed by atoms with Gasteiger partial charge in [0.1, 0.15) is 11.4 Å². The van der Waals surface area contributed by atoms with Gasteiger partial charge in [-0.05, 0) is 64.3 Å². The third kappa shape index (κ3) is 2.74. The summed E-state index contributed by atoms with van der Waals surface area (Å²) in [6, 6.07) is 4.06. The number of ether oxygens (including phenoxy) is 2. The number of fused-ring (bicyclic) bond motifs is 1. The van der Waals surface area contributed by atoms with Crippen molar-refractivity contribution in [2.75, 3.05) is 12.0 Å². The number of carbonyl (C=O) groups excluding carboxylic acids is 1. The second-order valence-electron chi connectivity index (χ2n) is 6.36. The van der Waals surface area contributed by atoms with E-state index in [1.165, 1.54) is 0 Å². The van der Waals surface area contributed by atoms with Crippen molar-refractivity contribution in [2.24, 2.45) is 0 Å². The van der Waals surface area contributed by atoms with Crippen molar-refractivity contribution >= 4 is 11.8 Å². The van der Waals surface area contributed by atoms with E-state index in [4.69, 9.17) is 9.47 Å². The van der Waals surface area contributed by atoms with Crippen LogP contribution in [0.2, 0.25) is 0 Å². The summed E-state index contributed by atoms with van der Waals surface area (Å²) in [4.78, 5) is 14.2. The van der Waals surface area contributed by atoms with E-state index < -0.39 is 5.60 Å². The van der Waals surface area contributed by atoms with Gasteiger partial charge in [-0.25, -0.2) is 4.79 Å². The van der Waals surface area contributed by atoms with Crippen LogP contribution in [0, 0.1) is 6.92 Å². The summed E-state index contributed by atoms with van der Waals surface area (Å²) >= 11 is 0. The molecule has 0 spiro atoms. The maximum absolute atomic E-state index is 12.4. The van der Waals surface area contributed by atoms with E-state index in [1.54, 1.807) is 12.0 Å². The first kappa shape index (κ1) is 14.7. The summed E-state index contributed by atoms with van der Waals surface area (Å²) < 4.78 is 10.8. The molecule has 4 heteroatoms. The summed E-state index contributed by atoms with van der Waals surface area (Å²) in [6.45, 7) is 9.68. The van der Waals surface area contributed by atoms with Crippen LogP contribution in [-0.2, 0) is 11.2 Å². The van der Waals surface area contributed by atoms with Crippen molar-refractivity contribution in [2.45, 2.75) is 52.7 Å². The average Bonchev–Trinajstić information content (AvgIpc) is 2.63. The van der Waals surface area contributed by atoms with E-state index in [2.05, 4.69) is 0 Å². The predicted octanol–water partition coefficient (Wildman–Crippen LogP) is 3.69. The van der Waals surface area contributed by atoms with Crippen LogP contribution in [0.25, 0.3) is 0 Å². The standard InChI is InChI=1S/C16H23NO3/c1-10-7-13(19-6)9-12-8-11(2)17(14(10)12)15(18)20-16(3,4)5/h7,9,11H,8H2,1-6H3. The quantitative estimate of drug-likeness (QED) is 0.786. The number of nitrogens with zero attached hydrogens (tertiary/aromatic N) is 1. The highest BCUT2D eigenvalue weighted by Gasteiger charge is 2.35. The molecule has 0 aliphatic carbocycles. The van der Waals surface area contributed by atoms with Gasteiger partial charge in [-0.1, -0.05) is 0 Å². The first-order valence-corrected chi connectivity index (χ1v) is 6.92. The van der Waals surface area contributed by atoms with Crippen LogP contribution >= 0.6 is 0 Å². The molecule has 1 atom stereocenters. The Bertz CT molecular complexity index is 531. The molecule has 20 heavy (non-hydrogen) atoms. The minimum atomic E-state index is -0.486. The van der Waals surface area contributed by atoms with Crippen LogP contribution in [0.1, 0.15) is 38.8 Å². The molecule has 1 amide bonds. The number of carbonyl (C=O) groups is 1. The van der Waals surface area contributed by atoms with Crippen molar-refractivity contribution in [3.05, 3.63) is 23.3 Å². The number of anilines is 1. The van der Waals surface area contributed by atoms with Gasteiger partial charge in [-0.15, -0.1) is 0 Å². The molecule has 0 radical (unpaired) electrons. The van der Waals surface area contributed by atoms with Gasteiger partial charge >= 0.3 is 6.09 Å². The van der Waals surface area contributed by atoms with Gasteiger partial charge < -0.3 is 9.47 Å². The molecule has 1 aliphatic rings. The van der Waals surface area contributed by atoms with Crippen molar-refractivity contribution < 1.29 is 14.3 Å². The fourth-order valence-corrected chi connectivity index (χ4v) is 2.65. The van der Waals surface area contributed by atoms with Gasteiger partial charge in [0.05, 0.1) is 12.8 Å². The van der Waals surface area contributed by atoms with E-state index in [1.807, 2.05) is 46.8 Å². The number of hydrogen-bond donors (Lipinski definition) is 0. The molecule has 0 bridgehead atoms. The molecular formula is C16H23NO3. The third-order valence-corrected chi connectivity index (χ3v) is 3.38. The SMILES string of the molecule is COc1cc(C)c2c(c1)CC(C)N2C(=O)OC(C)(C)C. The van der Waals surface area contributed by atoms with E-state index in [-0.39, 0.29) is 12.1 Å². The zero-order valence-electron chi connectivity index (χ0n) is 13.1. The molecule has 110 valence electrons. The minimum Gasteiger partial charge on any atom is -0.497 e. The normalized spacial score (nSPS) is 17.9. The van der Waals surface area contributed by atoms with Crippen LogP contribution in [-0.4, -0.2) is 24.8 Å². The lowest BCUT2D eigenvalue weighted by Crippen LogP contribution is -2.40. The van der Waals surface area contributed by atoms with Crippen LogP contribution in [0.3, 0.4) is 0 Å². The van der Waals surface area contributed by atoms with Gasteiger partial charge in [-0.2, -0.15) is 0 Å². The molecule has 4 nitrogen and oxygen atoms in total. The van der Waals surface area contributed by atoms with Gasteiger partial charge in [0.25, 0.3) is 0 Å². The zero-order chi connectivity index (χ0) is 15.1. The molecule has 0 saturated carbocycles. The van der Waals surface area contributed by atoms with E-state index in [9.17, 15) is 4.79 Å². The van der Waals surface area contributed by atoms with Gasteiger partial charge in [0.15, 0.2) is 0 Å². The Labute approximate surface area is 120 Å². The van der Waals surface area contributed by atoms with Crippen LogP contribution < -0.4 is 9.64 Å². The molecule has 1 aliphatic heterocycles. The Morgan fingerprint density at radius 2 is 2.00 bits per heavy atom. The number of methoxy groups -OCH3 is 1. The molecule has 1 aromatic rings. The monoisotopic (exact) mass is 277 g/mol. The Morgan fingerprint density at radius 1 is 1.35 bits per heavy atom. The maximum atomic E-state index is 12.4. The Kier molecular flexibility index (Phi) is 3.67. The molecular weight excluding hydrogens is 254 g/mol. The van der Waals surface area contributed by atoms with Gasteiger partial charge in [0.2, 0.25) is 0 Å². The fourth-order valence-electron chi connectivity index (χ4n) is 2.65. The molecule has 1 aromatic carbocycles. The second-order valence-corrected chi connectivity index (χ2v) is 6.36. The van der Waals surface area contributed by atoms with E-state index >= 15 is 0 Å². The van der Waals surface area contributed by atoms with Crippen LogP contribution in [0.4, 0.5) is 10.5 Å². The minimum absolute atomic E-state index is 0.102. The largest absolute Gasteiger partial charge is 0.497 e. The lowest BCUT2D eigenvalue weighted by atomic mass is 10.1. The van der Waals surface area contributed by atoms with Gasteiger partial charge in [-0.3, -0.25) is 4.90 Å². The Hall–Kier alpha value is -1.71. The Balaban J connectivity index is 2.37. The molecule has 2 rings (SSSR count). The van der Waals surface area contributed by atoms with Crippen molar-refractivity contribution in [3.8, 4) is 5.75 Å². The zero-order valence-corrected chi connectivity index (χ0v) is 13.1. The highest BCUT2D eigenvalue weighted by molar-refractivity contribution is 5.92. The smallest absolute Gasteiger partial charge is 0.415 e. The lowest BCUT2D eigenvalue weighted by molar-refractivity contribution is 0.0572. The van der Waals surface area contributed by atoms with Gasteiger partial charge in [0, 0.05) is 6.04 Å². The van der Waals surface area contributed by atoms with Crippen molar-refractivity contribution in [1.29, 1.82) is 0 Å². The highest BCUT2D eigenvalue weighted by atomic mass is 16.6. The van der Waals surface area contributed by atoms with Crippen molar-refractivity contribution in [3.63, 3.8) is 0 Å². The van der Waals surface area contributed by atoms with Crippen LogP contribution in [0.15, 0.2) is 12.1 Å². The lowest BCUT2D eigenvalue weighted by Gasteiger charge is -2.28. The first-order valence-electron chi connectivity index (χ1n) is 6.92. The summed E-state index contributed by atoms with van der Waals surface area (Å²) in [6.07, 6.45) is 0.545. The summed E-state index contributed by atoms with van der Waals surface area (Å²) in [7, 11) is 1.66. The molecule has 0 N–H and O–H groups in total. The maximum Gasteiger partial charge on any atom is 0.415 e. The second kappa shape index (κ2) is 5.00. The predicted molar refractivity (Wildman–Crippen MR) is 79.6 cm³/mol. The van der Waals surface area contributed by atoms with E-state index in [0.29, 0.717) is 0 Å². The molecule has 0 saturated heterocycles. The topological polar surface area (TPSA) is 38.8 Å². The number of rotatable bonds is 1. The summed E-state index contributed by atoms with van der Waals surface area (Å²) in [5, 5.41) is 0. The number of amides is 1. The molecule has 1 heterocycles. The average molecular weight is 277 g/mol. The number of aryl methyl sites for hydroxylation is 1. The summed E-state index contributed by atoms with van der Waals surface area (Å²) in [5.74, 6) is 0.833. The Morgan fingerprint density at radius 3 is 2.55 bits per heavy atom. The fraction of sp³-hybridized carbons (Fsp3) is 0.562. The molecule has 0 fully saturated rings.